The van der Waals surface area contributed by atoms with Gasteiger partial charge < -0.3 is 10.4 Å². The van der Waals surface area contributed by atoms with E-state index in [0.717, 1.165) is 5.56 Å². The van der Waals surface area contributed by atoms with Crippen molar-refractivity contribution in [3.63, 3.8) is 0 Å². The number of alkyl halides is 1. The summed E-state index contributed by atoms with van der Waals surface area (Å²) in [5, 5.41) is 12.5. The van der Waals surface area contributed by atoms with E-state index >= 15 is 0 Å². The molecule has 2 nitrogen and oxygen atoms in total. The summed E-state index contributed by atoms with van der Waals surface area (Å²) in [6.07, 6.45) is -1.51. The van der Waals surface area contributed by atoms with E-state index in [1.54, 1.807) is 0 Å². The van der Waals surface area contributed by atoms with E-state index < -0.39 is 12.3 Å². The fourth-order valence-electron chi connectivity index (χ4n) is 1.80. The van der Waals surface area contributed by atoms with E-state index in [1.807, 2.05) is 30.3 Å². The standard InChI is InChI=1S/C11H14FNO/c12-9-7-13-10(6-11(9)14)8-4-2-1-3-5-8/h1-5,9-11,13-14H,6-7H2/t9-,10+,11-/m0/s1. The first-order valence-electron chi connectivity index (χ1n) is 4.88. The third-order valence-corrected chi connectivity index (χ3v) is 2.66. The Kier molecular flexibility index (Phi) is 2.79. The zero-order valence-corrected chi connectivity index (χ0v) is 7.86. The smallest absolute Gasteiger partial charge is 0.138 e. The van der Waals surface area contributed by atoms with Gasteiger partial charge in [0.2, 0.25) is 0 Å². The average Bonchev–Trinajstić information content (AvgIpc) is 2.23. The van der Waals surface area contributed by atoms with E-state index in [0.29, 0.717) is 6.42 Å². The molecule has 0 amide bonds. The molecule has 1 aromatic rings. The molecule has 1 aromatic carbocycles. The number of hydrogen-bond acceptors (Lipinski definition) is 2. The minimum atomic E-state index is -1.13. The van der Waals surface area contributed by atoms with Crippen molar-refractivity contribution in [2.45, 2.75) is 24.7 Å². The van der Waals surface area contributed by atoms with Gasteiger partial charge in [-0.1, -0.05) is 30.3 Å². The van der Waals surface area contributed by atoms with Crippen molar-refractivity contribution in [3.8, 4) is 0 Å². The number of halogens is 1. The van der Waals surface area contributed by atoms with Crippen LogP contribution in [0.2, 0.25) is 0 Å². The normalized spacial score (nSPS) is 32.9. The Bertz CT molecular complexity index is 291. The van der Waals surface area contributed by atoms with Crippen molar-refractivity contribution in [2.75, 3.05) is 6.54 Å². The molecule has 0 unspecified atom stereocenters. The zero-order valence-electron chi connectivity index (χ0n) is 7.86. The number of aliphatic hydroxyl groups excluding tert-OH is 1. The maximum absolute atomic E-state index is 13.0. The van der Waals surface area contributed by atoms with E-state index in [1.165, 1.54) is 0 Å². The monoisotopic (exact) mass is 195 g/mol. The predicted octanol–water partition coefficient (Wildman–Crippen LogP) is 1.42. The summed E-state index contributed by atoms with van der Waals surface area (Å²) < 4.78 is 13.0. The van der Waals surface area contributed by atoms with Gasteiger partial charge in [0.15, 0.2) is 0 Å². The van der Waals surface area contributed by atoms with Crippen LogP contribution in [-0.2, 0) is 0 Å². The molecule has 0 spiro atoms. The SMILES string of the molecule is O[C@H]1C[C@H](c2ccccc2)NC[C@@H]1F. The van der Waals surface area contributed by atoms with Crippen LogP contribution < -0.4 is 5.32 Å². The maximum atomic E-state index is 13.0. The molecule has 2 rings (SSSR count). The van der Waals surface area contributed by atoms with Crippen LogP contribution in [-0.4, -0.2) is 23.9 Å². The van der Waals surface area contributed by atoms with Gasteiger partial charge in [0.05, 0.1) is 6.10 Å². The highest BCUT2D eigenvalue weighted by molar-refractivity contribution is 5.19. The van der Waals surface area contributed by atoms with Crippen LogP contribution in [0.15, 0.2) is 30.3 Å². The van der Waals surface area contributed by atoms with E-state index in [2.05, 4.69) is 5.32 Å². The Morgan fingerprint density at radius 1 is 1.29 bits per heavy atom. The Morgan fingerprint density at radius 3 is 2.64 bits per heavy atom. The molecule has 1 heterocycles. The van der Waals surface area contributed by atoms with Crippen molar-refractivity contribution in [1.82, 2.24) is 5.32 Å². The molecule has 1 aliphatic rings. The van der Waals surface area contributed by atoms with Crippen LogP contribution in [0.5, 0.6) is 0 Å². The Hall–Kier alpha value is -0.930. The second-order valence-corrected chi connectivity index (χ2v) is 3.69. The molecule has 2 N–H and O–H groups in total. The van der Waals surface area contributed by atoms with Crippen molar-refractivity contribution >= 4 is 0 Å². The van der Waals surface area contributed by atoms with Crippen LogP contribution >= 0.6 is 0 Å². The summed E-state index contributed by atoms with van der Waals surface area (Å²) in [5.41, 5.74) is 1.11. The minimum absolute atomic E-state index is 0.0817. The molecule has 1 saturated heterocycles. The molecule has 0 bridgehead atoms. The number of benzene rings is 1. The third kappa shape index (κ3) is 1.94. The number of rotatable bonds is 1. The molecule has 0 saturated carbocycles. The second kappa shape index (κ2) is 4.07. The first-order valence-corrected chi connectivity index (χ1v) is 4.88. The van der Waals surface area contributed by atoms with E-state index in [-0.39, 0.29) is 12.6 Å². The molecule has 76 valence electrons. The van der Waals surface area contributed by atoms with Gasteiger partial charge in [0.1, 0.15) is 6.17 Å². The summed E-state index contributed by atoms with van der Waals surface area (Å²) in [4.78, 5) is 0. The molecule has 1 fully saturated rings. The van der Waals surface area contributed by atoms with E-state index in [9.17, 15) is 9.50 Å². The molecule has 1 aliphatic heterocycles. The largest absolute Gasteiger partial charge is 0.390 e. The average molecular weight is 195 g/mol. The van der Waals surface area contributed by atoms with Gasteiger partial charge in [-0.25, -0.2) is 4.39 Å². The fraction of sp³-hybridized carbons (Fsp3) is 0.455. The molecule has 0 aromatic heterocycles. The number of hydrogen-bond donors (Lipinski definition) is 2. The summed E-state index contributed by atoms with van der Waals surface area (Å²) in [7, 11) is 0. The lowest BCUT2D eigenvalue weighted by Crippen LogP contribution is -2.43. The van der Waals surface area contributed by atoms with E-state index in [4.69, 9.17) is 0 Å². The Morgan fingerprint density at radius 2 is 2.00 bits per heavy atom. The van der Waals surface area contributed by atoms with Crippen LogP contribution in [0.25, 0.3) is 0 Å². The maximum Gasteiger partial charge on any atom is 0.138 e. The molecular weight excluding hydrogens is 181 g/mol. The van der Waals surface area contributed by atoms with Crippen LogP contribution in [0.1, 0.15) is 18.0 Å². The van der Waals surface area contributed by atoms with Gasteiger partial charge in [-0.3, -0.25) is 0 Å². The summed E-state index contributed by atoms with van der Waals surface area (Å²) in [5.74, 6) is 0. The summed E-state index contributed by atoms with van der Waals surface area (Å²) >= 11 is 0. The van der Waals surface area contributed by atoms with Crippen LogP contribution in [0.4, 0.5) is 4.39 Å². The molecule has 0 aliphatic carbocycles. The molecule has 14 heavy (non-hydrogen) atoms. The first-order chi connectivity index (χ1) is 6.77. The quantitative estimate of drug-likeness (QED) is 0.710. The lowest BCUT2D eigenvalue weighted by atomic mass is 9.95. The first kappa shape index (κ1) is 9.62. The molecule has 3 atom stereocenters. The Balaban J connectivity index is 2.07. The third-order valence-electron chi connectivity index (χ3n) is 2.66. The zero-order chi connectivity index (χ0) is 9.97. The number of nitrogens with one attached hydrogen (secondary N) is 1. The predicted molar refractivity (Wildman–Crippen MR) is 52.7 cm³/mol. The molecule has 0 radical (unpaired) electrons. The van der Waals surface area contributed by atoms with Crippen LogP contribution in [0, 0.1) is 0 Å². The molecular formula is C11H14FNO. The lowest BCUT2D eigenvalue weighted by molar-refractivity contribution is 0.0369. The minimum Gasteiger partial charge on any atom is -0.390 e. The number of aliphatic hydroxyl groups is 1. The van der Waals surface area contributed by atoms with Crippen molar-refractivity contribution in [1.29, 1.82) is 0 Å². The topological polar surface area (TPSA) is 32.3 Å². The van der Waals surface area contributed by atoms with Crippen molar-refractivity contribution in [3.05, 3.63) is 35.9 Å². The molecule has 3 heteroatoms. The van der Waals surface area contributed by atoms with Gasteiger partial charge in [-0.2, -0.15) is 0 Å². The fourth-order valence-corrected chi connectivity index (χ4v) is 1.80. The van der Waals surface area contributed by atoms with Crippen molar-refractivity contribution < 1.29 is 9.50 Å². The van der Waals surface area contributed by atoms with Crippen LogP contribution in [0.3, 0.4) is 0 Å². The van der Waals surface area contributed by atoms with Gasteiger partial charge in [-0.05, 0) is 12.0 Å². The summed E-state index contributed by atoms with van der Waals surface area (Å²) in [6.45, 7) is 0.237. The highest BCUT2D eigenvalue weighted by Crippen LogP contribution is 2.24. The summed E-state index contributed by atoms with van der Waals surface area (Å²) in [6, 6.07) is 9.90. The van der Waals surface area contributed by atoms with Gasteiger partial charge in [-0.15, -0.1) is 0 Å². The second-order valence-electron chi connectivity index (χ2n) is 3.69. The van der Waals surface area contributed by atoms with Gasteiger partial charge >= 0.3 is 0 Å². The number of piperidine rings is 1. The van der Waals surface area contributed by atoms with Gasteiger partial charge in [0.25, 0.3) is 0 Å². The highest BCUT2D eigenvalue weighted by Gasteiger charge is 2.28. The Labute approximate surface area is 82.8 Å². The highest BCUT2D eigenvalue weighted by atomic mass is 19.1. The van der Waals surface area contributed by atoms with Gasteiger partial charge in [0, 0.05) is 12.6 Å². The lowest BCUT2D eigenvalue weighted by Gasteiger charge is -2.30. The van der Waals surface area contributed by atoms with Crippen molar-refractivity contribution in [2.24, 2.45) is 0 Å².